The summed E-state index contributed by atoms with van der Waals surface area (Å²) in [6.45, 7) is 4.67. The van der Waals surface area contributed by atoms with Crippen molar-refractivity contribution in [3.8, 4) is 0 Å². The first-order valence-corrected chi connectivity index (χ1v) is 13.9. The highest BCUT2D eigenvalue weighted by molar-refractivity contribution is 7.89. The lowest BCUT2D eigenvalue weighted by molar-refractivity contribution is -0.115. The van der Waals surface area contributed by atoms with Gasteiger partial charge in [0.05, 0.1) is 16.2 Å². The number of rotatable bonds is 8. The molecule has 180 valence electrons. The van der Waals surface area contributed by atoms with E-state index in [0.29, 0.717) is 24.3 Å². The first-order valence-electron chi connectivity index (χ1n) is 11.0. The second kappa shape index (κ2) is 10.3. The second-order valence-corrected chi connectivity index (χ2v) is 12.4. The third kappa shape index (κ3) is 6.00. The Labute approximate surface area is 196 Å². The Morgan fingerprint density at radius 2 is 1.45 bits per heavy atom. The van der Waals surface area contributed by atoms with Crippen molar-refractivity contribution in [3.63, 3.8) is 0 Å². The fraction of sp³-hybridized carbons (Fsp3) is 0.435. The highest BCUT2D eigenvalue weighted by Gasteiger charge is 2.26. The first-order chi connectivity index (χ1) is 15.5. The minimum absolute atomic E-state index is 0.0696. The van der Waals surface area contributed by atoms with E-state index in [1.54, 1.807) is 38.1 Å². The molecule has 1 aliphatic heterocycles. The molecule has 0 spiro atoms. The lowest BCUT2D eigenvalue weighted by Crippen LogP contribution is -2.35. The first kappa shape index (κ1) is 25.4. The van der Waals surface area contributed by atoms with Crippen LogP contribution in [0.2, 0.25) is 0 Å². The van der Waals surface area contributed by atoms with E-state index in [1.165, 1.54) is 39.9 Å². The molecular formula is C23H31N3O5S2. The zero-order valence-electron chi connectivity index (χ0n) is 19.2. The Morgan fingerprint density at radius 1 is 0.909 bits per heavy atom. The Hall–Kier alpha value is -2.27. The van der Waals surface area contributed by atoms with Gasteiger partial charge in [-0.1, -0.05) is 18.6 Å². The maximum absolute atomic E-state index is 12.7. The SMILES string of the molecule is CC(C)N(C)S(=O)(=O)c1ccc(NC(=O)Cc2ccc(S(=O)(=O)N3CCCCC3)cc2)cc1. The molecule has 3 rings (SSSR count). The quantitative estimate of drug-likeness (QED) is 0.609. The highest BCUT2D eigenvalue weighted by atomic mass is 32.2. The summed E-state index contributed by atoms with van der Waals surface area (Å²) in [6.07, 6.45) is 2.87. The molecule has 0 atom stereocenters. The lowest BCUT2D eigenvalue weighted by atomic mass is 10.1. The zero-order chi connectivity index (χ0) is 24.2. The summed E-state index contributed by atoms with van der Waals surface area (Å²) >= 11 is 0. The van der Waals surface area contributed by atoms with Gasteiger partial charge >= 0.3 is 0 Å². The Kier molecular flexibility index (Phi) is 7.94. The number of sulfonamides is 2. The fourth-order valence-corrected chi connectivity index (χ4v) is 6.46. The van der Waals surface area contributed by atoms with Crippen molar-refractivity contribution in [3.05, 3.63) is 54.1 Å². The van der Waals surface area contributed by atoms with Crippen LogP contribution in [0.25, 0.3) is 0 Å². The molecule has 2 aromatic carbocycles. The summed E-state index contributed by atoms with van der Waals surface area (Å²) in [7, 11) is -5.57. The van der Waals surface area contributed by atoms with Crippen LogP contribution in [-0.2, 0) is 31.3 Å². The van der Waals surface area contributed by atoms with Gasteiger partial charge in [0, 0.05) is 31.9 Å². The number of nitrogens with zero attached hydrogens (tertiary/aromatic N) is 2. The number of benzene rings is 2. The maximum atomic E-state index is 12.7. The van der Waals surface area contributed by atoms with Gasteiger partial charge in [-0.15, -0.1) is 0 Å². The number of carbonyl (C=O) groups is 1. The summed E-state index contributed by atoms with van der Waals surface area (Å²) in [4.78, 5) is 12.8. The summed E-state index contributed by atoms with van der Waals surface area (Å²) < 4.78 is 53.4. The van der Waals surface area contributed by atoms with Crippen LogP contribution >= 0.6 is 0 Å². The number of hydrogen-bond donors (Lipinski definition) is 1. The van der Waals surface area contributed by atoms with Crippen molar-refractivity contribution in [1.29, 1.82) is 0 Å². The fourth-order valence-electron chi connectivity index (χ4n) is 3.58. The van der Waals surface area contributed by atoms with Gasteiger partial charge in [0.1, 0.15) is 0 Å². The maximum Gasteiger partial charge on any atom is 0.243 e. The van der Waals surface area contributed by atoms with E-state index in [4.69, 9.17) is 0 Å². The van der Waals surface area contributed by atoms with Gasteiger partial charge in [-0.2, -0.15) is 8.61 Å². The highest BCUT2D eigenvalue weighted by Crippen LogP contribution is 2.22. The Balaban J connectivity index is 1.62. The van der Waals surface area contributed by atoms with E-state index in [9.17, 15) is 21.6 Å². The summed E-state index contributed by atoms with van der Waals surface area (Å²) in [5, 5.41) is 2.74. The zero-order valence-corrected chi connectivity index (χ0v) is 20.8. The molecule has 2 aromatic rings. The van der Waals surface area contributed by atoms with E-state index in [2.05, 4.69) is 5.32 Å². The van der Waals surface area contributed by atoms with E-state index < -0.39 is 20.0 Å². The Morgan fingerprint density at radius 3 is 2.00 bits per heavy atom. The van der Waals surface area contributed by atoms with Gasteiger partial charge in [-0.05, 0) is 68.7 Å². The monoisotopic (exact) mass is 493 g/mol. The molecule has 0 bridgehead atoms. The van der Waals surface area contributed by atoms with Crippen LogP contribution < -0.4 is 5.32 Å². The van der Waals surface area contributed by atoms with Crippen LogP contribution in [0.15, 0.2) is 58.3 Å². The lowest BCUT2D eigenvalue weighted by Gasteiger charge is -2.25. The molecule has 1 heterocycles. The van der Waals surface area contributed by atoms with Crippen molar-refractivity contribution < 1.29 is 21.6 Å². The van der Waals surface area contributed by atoms with Crippen LogP contribution in [0.5, 0.6) is 0 Å². The summed E-state index contributed by atoms with van der Waals surface area (Å²) in [5.41, 5.74) is 1.17. The summed E-state index contributed by atoms with van der Waals surface area (Å²) in [6, 6.07) is 12.2. The van der Waals surface area contributed by atoms with Crippen LogP contribution in [0.3, 0.4) is 0 Å². The van der Waals surface area contributed by atoms with Crippen LogP contribution in [0.4, 0.5) is 5.69 Å². The molecule has 8 nitrogen and oxygen atoms in total. The molecule has 10 heteroatoms. The molecule has 1 saturated heterocycles. The van der Waals surface area contributed by atoms with Gasteiger partial charge in [-0.3, -0.25) is 4.79 Å². The number of nitrogens with one attached hydrogen (secondary N) is 1. The molecule has 0 aliphatic carbocycles. The molecule has 0 aromatic heterocycles. The smallest absolute Gasteiger partial charge is 0.243 e. The van der Waals surface area contributed by atoms with Gasteiger partial charge in [0.2, 0.25) is 26.0 Å². The topological polar surface area (TPSA) is 104 Å². The second-order valence-electron chi connectivity index (χ2n) is 8.47. The van der Waals surface area contributed by atoms with Crippen LogP contribution in [0.1, 0.15) is 38.7 Å². The minimum Gasteiger partial charge on any atom is -0.326 e. The van der Waals surface area contributed by atoms with Gasteiger partial charge in [-0.25, -0.2) is 16.8 Å². The molecule has 0 saturated carbocycles. The molecule has 0 radical (unpaired) electrons. The predicted molar refractivity (Wildman–Crippen MR) is 128 cm³/mol. The third-order valence-corrected chi connectivity index (χ3v) is 9.74. The average molecular weight is 494 g/mol. The molecule has 1 aliphatic rings. The molecular weight excluding hydrogens is 462 g/mol. The molecule has 33 heavy (non-hydrogen) atoms. The van der Waals surface area contributed by atoms with Gasteiger partial charge in [0.15, 0.2) is 0 Å². The van der Waals surface area contributed by atoms with Crippen molar-refractivity contribution >= 4 is 31.6 Å². The van der Waals surface area contributed by atoms with E-state index in [-0.39, 0.29) is 28.2 Å². The molecule has 0 unspecified atom stereocenters. The summed E-state index contributed by atoms with van der Waals surface area (Å²) in [5.74, 6) is -0.281. The van der Waals surface area contributed by atoms with E-state index in [1.807, 2.05) is 0 Å². The molecule has 1 amide bonds. The van der Waals surface area contributed by atoms with Crippen LogP contribution in [0, 0.1) is 0 Å². The normalized spacial score (nSPS) is 15.7. The largest absolute Gasteiger partial charge is 0.326 e. The molecule has 1 fully saturated rings. The number of anilines is 1. The predicted octanol–water partition coefficient (Wildman–Crippen LogP) is 3.07. The number of hydrogen-bond acceptors (Lipinski definition) is 5. The van der Waals surface area contributed by atoms with Crippen molar-refractivity contribution in [2.75, 3.05) is 25.5 Å². The van der Waals surface area contributed by atoms with E-state index >= 15 is 0 Å². The molecule has 1 N–H and O–H groups in total. The minimum atomic E-state index is -3.59. The van der Waals surface area contributed by atoms with Gasteiger partial charge in [0.25, 0.3) is 0 Å². The number of piperidine rings is 1. The standard InChI is InChI=1S/C23H31N3O5S2/c1-18(2)25(3)32(28,29)21-13-9-20(10-14-21)24-23(27)17-19-7-11-22(12-8-19)33(30,31)26-15-5-4-6-16-26/h7-14,18H,4-6,15-17H2,1-3H3,(H,24,27). The average Bonchev–Trinajstić information content (AvgIpc) is 2.79. The third-order valence-electron chi connectivity index (χ3n) is 5.78. The van der Waals surface area contributed by atoms with Crippen molar-refractivity contribution in [2.24, 2.45) is 0 Å². The van der Waals surface area contributed by atoms with Crippen LogP contribution in [-0.4, -0.2) is 57.5 Å². The van der Waals surface area contributed by atoms with Gasteiger partial charge < -0.3 is 5.32 Å². The Bertz CT molecular complexity index is 1170. The number of amides is 1. The van der Waals surface area contributed by atoms with E-state index in [0.717, 1.165) is 19.3 Å². The number of carbonyl (C=O) groups excluding carboxylic acids is 1. The van der Waals surface area contributed by atoms with Crippen molar-refractivity contribution in [1.82, 2.24) is 8.61 Å². The van der Waals surface area contributed by atoms with Crippen molar-refractivity contribution in [2.45, 2.75) is 55.4 Å².